The molecule has 3 saturated carbocycles. The van der Waals surface area contributed by atoms with E-state index >= 15 is 0 Å². The van der Waals surface area contributed by atoms with Crippen molar-refractivity contribution in [3.05, 3.63) is 11.1 Å². The number of allylic oxidation sites excluding steroid dienone is 1. The normalized spacial score (nSPS) is 64.6. The molecule has 1 aliphatic heterocycles. The van der Waals surface area contributed by atoms with Crippen LogP contribution in [-0.4, -0.2) is 12.2 Å². The van der Waals surface area contributed by atoms with E-state index in [2.05, 4.69) is 0 Å². The molecule has 5 rings (SSSR count). The van der Waals surface area contributed by atoms with Crippen LogP contribution in [0.25, 0.3) is 0 Å². The summed E-state index contributed by atoms with van der Waals surface area (Å²) >= 11 is 0. The van der Waals surface area contributed by atoms with Gasteiger partial charge in [0.25, 0.3) is 0 Å². The van der Waals surface area contributed by atoms with Crippen molar-refractivity contribution in [2.75, 3.05) is 0 Å². The number of hydrogen-bond acceptors (Lipinski definition) is 1. The predicted octanol–water partition coefficient (Wildman–Crippen LogP) is 2.13. The first-order chi connectivity index (χ1) is 6.43. The molecule has 4 fully saturated rings. The molecular formula is C12H14O. The number of hydrogen-bond donors (Lipinski definition) is 0. The molecule has 1 nitrogen and oxygen atoms in total. The summed E-state index contributed by atoms with van der Waals surface area (Å²) in [5, 5.41) is 0. The van der Waals surface area contributed by atoms with Crippen LogP contribution in [0.3, 0.4) is 0 Å². The monoisotopic (exact) mass is 174 g/mol. The Labute approximate surface area is 78.1 Å². The molecule has 0 radical (unpaired) electrons. The van der Waals surface area contributed by atoms with Crippen molar-refractivity contribution < 1.29 is 4.74 Å². The first kappa shape index (κ1) is 6.23. The summed E-state index contributed by atoms with van der Waals surface area (Å²) in [6.45, 7) is 0. The van der Waals surface area contributed by atoms with Gasteiger partial charge in [0.1, 0.15) is 6.10 Å². The average molecular weight is 174 g/mol. The van der Waals surface area contributed by atoms with Crippen molar-refractivity contribution in [2.45, 2.75) is 37.9 Å². The number of epoxide rings is 1. The molecule has 0 amide bonds. The molecule has 5 aliphatic rings. The smallest absolute Gasteiger partial charge is 0.106 e. The molecule has 0 aromatic rings. The van der Waals surface area contributed by atoms with Crippen LogP contribution in [0.2, 0.25) is 0 Å². The Morgan fingerprint density at radius 2 is 2.23 bits per heavy atom. The second-order valence-electron chi connectivity index (χ2n) is 5.67. The van der Waals surface area contributed by atoms with Gasteiger partial charge in [0.2, 0.25) is 0 Å². The van der Waals surface area contributed by atoms with Gasteiger partial charge in [-0.05, 0) is 54.9 Å². The Morgan fingerprint density at radius 1 is 1.23 bits per heavy atom. The van der Waals surface area contributed by atoms with Gasteiger partial charge in [0, 0.05) is 0 Å². The second-order valence-corrected chi connectivity index (χ2v) is 5.67. The quantitative estimate of drug-likeness (QED) is 0.405. The zero-order chi connectivity index (χ0) is 8.15. The molecule has 6 unspecified atom stereocenters. The van der Waals surface area contributed by atoms with E-state index in [1.54, 1.807) is 12.0 Å². The highest BCUT2D eigenvalue weighted by Gasteiger charge is 2.66. The van der Waals surface area contributed by atoms with Crippen LogP contribution in [0.4, 0.5) is 0 Å². The highest BCUT2D eigenvalue weighted by Crippen LogP contribution is 2.68. The standard InChI is InChI=1S/C12H14O/c1-2-6-3-5(1)9-7-4-8(10(6)9)12-11(7)13-12/h5-7,9,11-12H,1-4H2. The number of fused-ring (bicyclic) bond motifs is 11. The van der Waals surface area contributed by atoms with Crippen molar-refractivity contribution in [1.29, 1.82) is 0 Å². The molecule has 6 atom stereocenters. The van der Waals surface area contributed by atoms with Crippen LogP contribution in [-0.2, 0) is 4.74 Å². The van der Waals surface area contributed by atoms with E-state index in [0.29, 0.717) is 12.2 Å². The third kappa shape index (κ3) is 0.505. The average Bonchev–Trinajstić information content (AvgIpc) is 2.60. The molecule has 1 heteroatoms. The molecule has 1 saturated heterocycles. The summed E-state index contributed by atoms with van der Waals surface area (Å²) < 4.78 is 5.74. The van der Waals surface area contributed by atoms with Gasteiger partial charge in [-0.1, -0.05) is 5.57 Å². The Kier molecular flexibility index (Phi) is 0.780. The maximum atomic E-state index is 5.74. The first-order valence-electron chi connectivity index (χ1n) is 5.82. The third-order valence-corrected chi connectivity index (χ3v) is 5.36. The van der Waals surface area contributed by atoms with Gasteiger partial charge in [-0.3, -0.25) is 0 Å². The fraction of sp³-hybridized carbons (Fsp3) is 0.833. The fourth-order valence-corrected chi connectivity index (χ4v) is 5.04. The molecule has 0 aromatic carbocycles. The Hall–Kier alpha value is -0.300. The van der Waals surface area contributed by atoms with Gasteiger partial charge in [0.05, 0.1) is 6.10 Å². The summed E-state index contributed by atoms with van der Waals surface area (Å²) in [4.78, 5) is 0. The van der Waals surface area contributed by atoms with E-state index in [0.717, 1.165) is 23.7 Å². The van der Waals surface area contributed by atoms with Crippen LogP contribution in [0.5, 0.6) is 0 Å². The summed E-state index contributed by atoms with van der Waals surface area (Å²) in [5.74, 6) is 4.05. The van der Waals surface area contributed by atoms with Crippen LogP contribution < -0.4 is 0 Å². The van der Waals surface area contributed by atoms with Crippen molar-refractivity contribution in [3.8, 4) is 0 Å². The summed E-state index contributed by atoms with van der Waals surface area (Å²) in [6.07, 6.45) is 7.34. The van der Waals surface area contributed by atoms with Gasteiger partial charge in [0.15, 0.2) is 0 Å². The number of rotatable bonds is 0. The Balaban J connectivity index is 1.77. The van der Waals surface area contributed by atoms with Gasteiger partial charge in [-0.2, -0.15) is 0 Å². The SMILES string of the molecule is C1CC2CC1C1=C3CC(C4OC34)C12. The molecule has 4 aliphatic carbocycles. The molecule has 0 aromatic heterocycles. The molecule has 1 heterocycles. The molecule has 0 N–H and O–H groups in total. The van der Waals surface area contributed by atoms with Crippen LogP contribution in [0, 0.1) is 23.7 Å². The second kappa shape index (κ2) is 1.63. The fourth-order valence-electron chi connectivity index (χ4n) is 5.04. The van der Waals surface area contributed by atoms with Crippen molar-refractivity contribution in [1.82, 2.24) is 0 Å². The van der Waals surface area contributed by atoms with Crippen LogP contribution >= 0.6 is 0 Å². The molecule has 68 valence electrons. The van der Waals surface area contributed by atoms with Crippen molar-refractivity contribution in [2.24, 2.45) is 23.7 Å². The zero-order valence-corrected chi connectivity index (χ0v) is 7.70. The van der Waals surface area contributed by atoms with Crippen molar-refractivity contribution in [3.63, 3.8) is 0 Å². The predicted molar refractivity (Wildman–Crippen MR) is 48.1 cm³/mol. The zero-order valence-electron chi connectivity index (χ0n) is 7.70. The molecular weight excluding hydrogens is 160 g/mol. The van der Waals surface area contributed by atoms with E-state index in [1.165, 1.54) is 19.3 Å². The molecule has 13 heavy (non-hydrogen) atoms. The van der Waals surface area contributed by atoms with Crippen LogP contribution in [0.1, 0.15) is 25.7 Å². The minimum absolute atomic E-state index is 0.635. The minimum Gasteiger partial charge on any atom is -0.365 e. The van der Waals surface area contributed by atoms with E-state index in [4.69, 9.17) is 4.74 Å². The Bertz CT molecular complexity index is 343. The van der Waals surface area contributed by atoms with Gasteiger partial charge < -0.3 is 4.74 Å². The highest BCUT2D eigenvalue weighted by molar-refractivity contribution is 5.44. The first-order valence-corrected chi connectivity index (χ1v) is 5.82. The van der Waals surface area contributed by atoms with Gasteiger partial charge >= 0.3 is 0 Å². The lowest BCUT2D eigenvalue weighted by atomic mass is 9.77. The number of ether oxygens (including phenoxy) is 1. The van der Waals surface area contributed by atoms with Gasteiger partial charge in [-0.15, -0.1) is 0 Å². The summed E-state index contributed by atoms with van der Waals surface area (Å²) in [6, 6.07) is 0. The molecule has 4 bridgehead atoms. The largest absolute Gasteiger partial charge is 0.365 e. The van der Waals surface area contributed by atoms with E-state index in [9.17, 15) is 0 Å². The van der Waals surface area contributed by atoms with Crippen LogP contribution in [0.15, 0.2) is 11.1 Å². The molecule has 0 spiro atoms. The summed E-state index contributed by atoms with van der Waals surface area (Å²) in [7, 11) is 0. The van der Waals surface area contributed by atoms with Crippen molar-refractivity contribution >= 4 is 0 Å². The lowest BCUT2D eigenvalue weighted by Crippen LogP contribution is -2.23. The van der Waals surface area contributed by atoms with Gasteiger partial charge in [-0.25, -0.2) is 0 Å². The van der Waals surface area contributed by atoms with E-state index < -0.39 is 0 Å². The summed E-state index contributed by atoms with van der Waals surface area (Å²) in [5.41, 5.74) is 3.70. The van der Waals surface area contributed by atoms with E-state index in [1.807, 2.05) is 5.57 Å². The highest BCUT2D eigenvalue weighted by atomic mass is 16.6. The lowest BCUT2D eigenvalue weighted by molar-refractivity contribution is 0.231. The maximum Gasteiger partial charge on any atom is 0.106 e. The lowest BCUT2D eigenvalue weighted by Gasteiger charge is -2.27. The Morgan fingerprint density at radius 3 is 3.23 bits per heavy atom. The third-order valence-electron chi connectivity index (χ3n) is 5.36. The minimum atomic E-state index is 0.635. The van der Waals surface area contributed by atoms with E-state index in [-0.39, 0.29) is 0 Å². The maximum absolute atomic E-state index is 5.74. The topological polar surface area (TPSA) is 12.5 Å².